The van der Waals surface area contributed by atoms with Crippen molar-refractivity contribution in [2.75, 3.05) is 0 Å². The molecule has 3 aromatic rings. The molecule has 0 spiro atoms. The number of nitrogens with one attached hydrogen (secondary N) is 1. The van der Waals surface area contributed by atoms with E-state index in [2.05, 4.69) is 34.6 Å². The van der Waals surface area contributed by atoms with Gasteiger partial charge in [-0.15, -0.1) is 0 Å². The van der Waals surface area contributed by atoms with Crippen LogP contribution in [0.5, 0.6) is 0 Å². The van der Waals surface area contributed by atoms with Gasteiger partial charge in [0.15, 0.2) is 0 Å². The van der Waals surface area contributed by atoms with Crippen LogP contribution < -0.4 is 5.32 Å². The Hall–Kier alpha value is -2.94. The molecule has 3 nitrogen and oxygen atoms in total. The maximum atomic E-state index is 12.1. The normalized spacial score (nSPS) is 11.7. The first-order valence-corrected chi connectivity index (χ1v) is 7.61. The van der Waals surface area contributed by atoms with Crippen molar-refractivity contribution in [2.45, 2.75) is 13.0 Å². The minimum atomic E-state index is -0.162. The molecule has 1 heterocycles. The summed E-state index contributed by atoms with van der Waals surface area (Å²) >= 11 is 0. The lowest BCUT2D eigenvalue weighted by Gasteiger charge is -2.14. The molecule has 0 aliphatic carbocycles. The van der Waals surface area contributed by atoms with Gasteiger partial charge in [0.25, 0.3) is 5.91 Å². The molecule has 3 rings (SSSR count). The lowest BCUT2D eigenvalue weighted by Crippen LogP contribution is -2.27. The number of carbonyl (C=O) groups excluding carboxylic acids is 1. The lowest BCUT2D eigenvalue weighted by molar-refractivity contribution is 0.0935. The van der Waals surface area contributed by atoms with Crippen LogP contribution in [0.2, 0.25) is 0 Å². The molecule has 3 heteroatoms. The van der Waals surface area contributed by atoms with Crippen molar-refractivity contribution in [3.63, 3.8) is 0 Å². The largest absolute Gasteiger partial charge is 0.344 e. The first kappa shape index (κ1) is 15.0. The molecule has 0 aliphatic heterocycles. The zero-order chi connectivity index (χ0) is 16.1. The minimum Gasteiger partial charge on any atom is -0.344 e. The Bertz CT molecular complexity index is 768. The van der Waals surface area contributed by atoms with E-state index in [1.54, 1.807) is 24.4 Å². The summed E-state index contributed by atoms with van der Waals surface area (Å²) in [5.74, 6) is -0.162. The van der Waals surface area contributed by atoms with Gasteiger partial charge < -0.3 is 5.32 Å². The fourth-order valence-corrected chi connectivity index (χ4v) is 2.45. The molecular weight excluding hydrogens is 284 g/mol. The van der Waals surface area contributed by atoms with Crippen molar-refractivity contribution >= 4 is 5.91 Å². The standard InChI is InChI=1S/C20H18N2O/c1-15(22-20(23)19-9-5-6-14-21-19)16-10-12-18(13-11-16)17-7-3-2-4-8-17/h2-15H,1H3,(H,22,23)/t15-/m0/s1. The van der Waals surface area contributed by atoms with Gasteiger partial charge in [-0.3, -0.25) is 9.78 Å². The van der Waals surface area contributed by atoms with E-state index in [0.29, 0.717) is 5.69 Å². The predicted molar refractivity (Wildman–Crippen MR) is 92.0 cm³/mol. The second-order valence-electron chi connectivity index (χ2n) is 5.40. The van der Waals surface area contributed by atoms with Gasteiger partial charge in [-0.2, -0.15) is 0 Å². The summed E-state index contributed by atoms with van der Waals surface area (Å²) in [4.78, 5) is 16.2. The Morgan fingerprint density at radius 2 is 1.52 bits per heavy atom. The summed E-state index contributed by atoms with van der Waals surface area (Å²) in [6, 6.07) is 23.7. The van der Waals surface area contributed by atoms with Crippen LogP contribution in [0.1, 0.15) is 29.0 Å². The van der Waals surface area contributed by atoms with Crippen molar-refractivity contribution in [1.29, 1.82) is 0 Å². The highest BCUT2D eigenvalue weighted by Gasteiger charge is 2.12. The van der Waals surface area contributed by atoms with Gasteiger partial charge in [0.2, 0.25) is 0 Å². The minimum absolute atomic E-state index is 0.0747. The van der Waals surface area contributed by atoms with Gasteiger partial charge in [-0.05, 0) is 35.7 Å². The highest BCUT2D eigenvalue weighted by atomic mass is 16.1. The number of hydrogen-bond acceptors (Lipinski definition) is 2. The van der Waals surface area contributed by atoms with Crippen LogP contribution in [0.15, 0.2) is 79.0 Å². The van der Waals surface area contributed by atoms with E-state index in [9.17, 15) is 4.79 Å². The Balaban J connectivity index is 1.71. The molecule has 0 saturated heterocycles. The second-order valence-corrected chi connectivity index (χ2v) is 5.40. The number of benzene rings is 2. The van der Waals surface area contributed by atoms with Gasteiger partial charge in [0.05, 0.1) is 6.04 Å². The maximum absolute atomic E-state index is 12.1. The SMILES string of the molecule is C[C@H](NC(=O)c1ccccn1)c1ccc(-c2ccccc2)cc1. The van der Waals surface area contributed by atoms with E-state index in [1.165, 1.54) is 5.56 Å². The number of hydrogen-bond donors (Lipinski definition) is 1. The smallest absolute Gasteiger partial charge is 0.270 e. The molecule has 1 N–H and O–H groups in total. The fourth-order valence-electron chi connectivity index (χ4n) is 2.45. The van der Waals surface area contributed by atoms with Gasteiger partial charge in [0, 0.05) is 6.20 Å². The molecule has 1 aromatic heterocycles. The summed E-state index contributed by atoms with van der Waals surface area (Å²) in [6.45, 7) is 1.97. The van der Waals surface area contributed by atoms with Gasteiger partial charge in [-0.1, -0.05) is 60.7 Å². The molecule has 0 aliphatic rings. The average Bonchev–Trinajstić information content (AvgIpc) is 2.63. The van der Waals surface area contributed by atoms with Crippen LogP contribution in [0, 0.1) is 0 Å². The quantitative estimate of drug-likeness (QED) is 0.783. The third-order valence-electron chi connectivity index (χ3n) is 3.76. The van der Waals surface area contributed by atoms with Crippen molar-refractivity contribution in [1.82, 2.24) is 10.3 Å². The number of amides is 1. The van der Waals surface area contributed by atoms with Crippen LogP contribution in [0.25, 0.3) is 11.1 Å². The zero-order valence-corrected chi connectivity index (χ0v) is 12.9. The Kier molecular flexibility index (Phi) is 4.48. The van der Waals surface area contributed by atoms with Gasteiger partial charge in [-0.25, -0.2) is 0 Å². The monoisotopic (exact) mass is 302 g/mol. The maximum Gasteiger partial charge on any atom is 0.270 e. The first-order chi connectivity index (χ1) is 11.2. The molecule has 0 saturated carbocycles. The van der Waals surface area contributed by atoms with Gasteiger partial charge in [0.1, 0.15) is 5.69 Å². The van der Waals surface area contributed by atoms with Crippen LogP contribution in [0.3, 0.4) is 0 Å². The molecule has 2 aromatic carbocycles. The Morgan fingerprint density at radius 3 is 2.17 bits per heavy atom. The number of rotatable bonds is 4. The molecule has 23 heavy (non-hydrogen) atoms. The third-order valence-corrected chi connectivity index (χ3v) is 3.76. The van der Waals surface area contributed by atoms with Crippen LogP contribution in [0.4, 0.5) is 0 Å². The van der Waals surface area contributed by atoms with Crippen LogP contribution in [-0.4, -0.2) is 10.9 Å². The summed E-state index contributed by atoms with van der Waals surface area (Å²) in [7, 11) is 0. The average molecular weight is 302 g/mol. The van der Waals surface area contributed by atoms with Crippen molar-refractivity contribution < 1.29 is 4.79 Å². The zero-order valence-electron chi connectivity index (χ0n) is 12.9. The number of pyridine rings is 1. The number of aromatic nitrogens is 1. The molecule has 114 valence electrons. The van der Waals surface area contributed by atoms with E-state index in [4.69, 9.17) is 0 Å². The molecule has 0 unspecified atom stereocenters. The molecule has 0 radical (unpaired) electrons. The topological polar surface area (TPSA) is 42.0 Å². The van der Waals surface area contributed by atoms with E-state index < -0.39 is 0 Å². The summed E-state index contributed by atoms with van der Waals surface area (Å²) < 4.78 is 0. The highest BCUT2D eigenvalue weighted by Crippen LogP contribution is 2.21. The van der Waals surface area contributed by atoms with Crippen molar-refractivity contribution in [3.05, 3.63) is 90.3 Å². The van der Waals surface area contributed by atoms with Gasteiger partial charge >= 0.3 is 0 Å². The fraction of sp³-hybridized carbons (Fsp3) is 0.100. The molecule has 1 amide bonds. The Labute approximate surface area is 136 Å². The first-order valence-electron chi connectivity index (χ1n) is 7.61. The van der Waals surface area contributed by atoms with Crippen LogP contribution in [-0.2, 0) is 0 Å². The molecule has 0 bridgehead atoms. The van der Waals surface area contributed by atoms with Crippen LogP contribution >= 0.6 is 0 Å². The lowest BCUT2D eigenvalue weighted by atomic mass is 10.0. The number of nitrogens with zero attached hydrogens (tertiary/aromatic N) is 1. The van der Waals surface area contributed by atoms with Crippen molar-refractivity contribution in [2.24, 2.45) is 0 Å². The molecule has 1 atom stereocenters. The van der Waals surface area contributed by atoms with E-state index >= 15 is 0 Å². The number of carbonyl (C=O) groups is 1. The Morgan fingerprint density at radius 1 is 0.870 bits per heavy atom. The van der Waals surface area contributed by atoms with E-state index in [1.807, 2.05) is 37.3 Å². The summed E-state index contributed by atoms with van der Waals surface area (Å²) in [5, 5.41) is 2.97. The molecular formula is C20H18N2O. The highest BCUT2D eigenvalue weighted by molar-refractivity contribution is 5.92. The second kappa shape index (κ2) is 6.88. The van der Waals surface area contributed by atoms with Crippen molar-refractivity contribution in [3.8, 4) is 11.1 Å². The summed E-state index contributed by atoms with van der Waals surface area (Å²) in [5.41, 5.74) is 3.84. The van der Waals surface area contributed by atoms with E-state index in [0.717, 1.165) is 11.1 Å². The predicted octanol–water partition coefficient (Wildman–Crippen LogP) is 4.24. The molecule has 0 fully saturated rings. The summed E-state index contributed by atoms with van der Waals surface area (Å²) in [6.07, 6.45) is 1.62. The third kappa shape index (κ3) is 3.64. The van der Waals surface area contributed by atoms with E-state index in [-0.39, 0.29) is 11.9 Å².